The van der Waals surface area contributed by atoms with Gasteiger partial charge >= 0.3 is 5.97 Å². The number of anilines is 2. The van der Waals surface area contributed by atoms with E-state index in [9.17, 15) is 19.2 Å². The summed E-state index contributed by atoms with van der Waals surface area (Å²) in [6, 6.07) is 9.54. The highest BCUT2D eigenvalue weighted by molar-refractivity contribution is 6.36. The average molecular weight is 475 g/mol. The van der Waals surface area contributed by atoms with Crippen LogP contribution in [0.15, 0.2) is 36.4 Å². The number of carbonyl (C=O) groups is 4. The van der Waals surface area contributed by atoms with Crippen LogP contribution in [-0.4, -0.2) is 30.2 Å². The van der Waals surface area contributed by atoms with E-state index in [1.807, 2.05) is 0 Å². The molecule has 9 heteroatoms. The number of nitrogens with zero attached hydrogens (tertiary/aromatic N) is 2. The number of hydrogen-bond acceptors (Lipinski definition) is 5. The van der Waals surface area contributed by atoms with Gasteiger partial charge in [0.15, 0.2) is 0 Å². The summed E-state index contributed by atoms with van der Waals surface area (Å²) in [7, 11) is 0. The number of hydrogen-bond donors (Lipinski definition) is 0. The molecule has 2 fully saturated rings. The Morgan fingerprint density at radius 1 is 0.969 bits per heavy atom. The Hall–Kier alpha value is -2.90. The first-order valence-electron chi connectivity index (χ1n) is 10.2. The zero-order valence-electron chi connectivity index (χ0n) is 17.3. The van der Waals surface area contributed by atoms with Gasteiger partial charge in [0.2, 0.25) is 17.7 Å². The lowest BCUT2D eigenvalue weighted by molar-refractivity contribution is -0.139. The van der Waals surface area contributed by atoms with E-state index in [2.05, 4.69) is 0 Å². The van der Waals surface area contributed by atoms with Gasteiger partial charge in [0.1, 0.15) is 5.75 Å². The maximum Gasteiger partial charge on any atom is 0.316 e. The summed E-state index contributed by atoms with van der Waals surface area (Å²) in [6.07, 6.45) is 1.20. The number of aryl methyl sites for hydroxylation is 1. The molecule has 0 unspecified atom stereocenters. The minimum Gasteiger partial charge on any atom is -0.426 e. The van der Waals surface area contributed by atoms with Crippen molar-refractivity contribution in [1.82, 2.24) is 0 Å². The van der Waals surface area contributed by atoms with Crippen LogP contribution in [0.3, 0.4) is 0 Å². The summed E-state index contributed by atoms with van der Waals surface area (Å²) in [5, 5.41) is 0.800. The van der Waals surface area contributed by atoms with Gasteiger partial charge in [-0.2, -0.15) is 0 Å². The molecule has 0 saturated carbocycles. The zero-order valence-corrected chi connectivity index (χ0v) is 18.8. The van der Waals surface area contributed by atoms with Gasteiger partial charge in [0.05, 0.1) is 22.3 Å². The van der Waals surface area contributed by atoms with Crippen LogP contribution in [0.1, 0.15) is 31.2 Å². The van der Waals surface area contributed by atoms with Crippen molar-refractivity contribution in [2.45, 2.75) is 32.6 Å². The van der Waals surface area contributed by atoms with Crippen LogP contribution in [0.2, 0.25) is 10.0 Å². The number of carbonyl (C=O) groups excluding carboxylic acids is 4. The Labute approximate surface area is 194 Å². The molecule has 0 aliphatic carbocycles. The molecule has 0 radical (unpaired) electrons. The third kappa shape index (κ3) is 4.36. The summed E-state index contributed by atoms with van der Waals surface area (Å²) >= 11 is 12.2. The van der Waals surface area contributed by atoms with Gasteiger partial charge in [0, 0.05) is 30.8 Å². The monoisotopic (exact) mass is 474 g/mol. The second kappa shape index (κ2) is 8.92. The molecular weight excluding hydrogens is 455 g/mol. The molecule has 3 amide bonds. The van der Waals surface area contributed by atoms with E-state index < -0.39 is 11.9 Å². The van der Waals surface area contributed by atoms with E-state index >= 15 is 0 Å². The first kappa shape index (κ1) is 22.3. The Kier molecular flexibility index (Phi) is 6.22. The largest absolute Gasteiger partial charge is 0.426 e. The number of imide groups is 1. The van der Waals surface area contributed by atoms with Crippen LogP contribution < -0.4 is 14.5 Å². The maximum atomic E-state index is 12.7. The molecule has 0 N–H and O–H groups in total. The predicted molar refractivity (Wildman–Crippen MR) is 120 cm³/mol. The minimum absolute atomic E-state index is 0.00444. The number of rotatable bonds is 4. The van der Waals surface area contributed by atoms with Crippen LogP contribution in [0.4, 0.5) is 11.4 Å². The Morgan fingerprint density at radius 2 is 1.69 bits per heavy atom. The van der Waals surface area contributed by atoms with Crippen molar-refractivity contribution >= 4 is 58.3 Å². The second-order valence-electron chi connectivity index (χ2n) is 7.85. The van der Waals surface area contributed by atoms with Crippen molar-refractivity contribution in [3.63, 3.8) is 0 Å². The summed E-state index contributed by atoms with van der Waals surface area (Å²) < 4.78 is 5.50. The fourth-order valence-electron chi connectivity index (χ4n) is 3.96. The van der Waals surface area contributed by atoms with Crippen molar-refractivity contribution in [2.24, 2.45) is 5.92 Å². The lowest BCUT2D eigenvalue weighted by Crippen LogP contribution is -2.40. The molecule has 2 aromatic rings. The van der Waals surface area contributed by atoms with Crippen LogP contribution in [0.5, 0.6) is 5.75 Å². The van der Waals surface area contributed by atoms with Crippen LogP contribution in [0.25, 0.3) is 0 Å². The van der Waals surface area contributed by atoms with E-state index in [1.54, 1.807) is 37.3 Å². The maximum absolute atomic E-state index is 12.7. The van der Waals surface area contributed by atoms with Crippen molar-refractivity contribution in [3.8, 4) is 5.75 Å². The first-order chi connectivity index (χ1) is 15.2. The topological polar surface area (TPSA) is 84.0 Å². The fraction of sp³-hybridized carbons (Fsp3) is 0.304. The van der Waals surface area contributed by atoms with Crippen molar-refractivity contribution in [3.05, 3.63) is 52.0 Å². The number of amides is 3. The quantitative estimate of drug-likeness (QED) is 0.374. The highest BCUT2D eigenvalue weighted by atomic mass is 35.5. The molecule has 2 aliphatic rings. The first-order valence-corrected chi connectivity index (χ1v) is 10.9. The standard InChI is InChI=1S/C23H20Cl2N2O5/c1-13-9-16(6-8-18(13)27-20(28)3-2-4-21(27)29)32-23(31)14-10-22(30)26(12-14)19-11-15(24)5-7-17(19)25/h5-9,11,14H,2-4,10,12H2,1H3/t14-/m1/s1. The third-order valence-corrected chi connectivity index (χ3v) is 6.12. The highest BCUT2D eigenvalue weighted by Gasteiger charge is 2.37. The normalized spacial score (nSPS) is 19.0. The molecule has 2 aromatic carbocycles. The second-order valence-corrected chi connectivity index (χ2v) is 8.69. The number of ether oxygens (including phenoxy) is 1. The minimum atomic E-state index is -0.664. The molecule has 2 aliphatic heterocycles. The molecule has 4 rings (SSSR count). The van der Waals surface area contributed by atoms with Crippen LogP contribution >= 0.6 is 23.2 Å². The zero-order chi connectivity index (χ0) is 23.0. The van der Waals surface area contributed by atoms with Gasteiger partial charge in [0.25, 0.3) is 0 Å². The van der Waals surface area contributed by atoms with E-state index in [-0.39, 0.29) is 36.4 Å². The molecule has 2 saturated heterocycles. The van der Waals surface area contributed by atoms with Crippen molar-refractivity contribution in [2.75, 3.05) is 16.3 Å². The van der Waals surface area contributed by atoms with E-state index in [0.717, 1.165) is 0 Å². The third-order valence-electron chi connectivity index (χ3n) is 5.57. The predicted octanol–water partition coefficient (Wildman–Crippen LogP) is 4.30. The van der Waals surface area contributed by atoms with Gasteiger partial charge in [-0.25, -0.2) is 0 Å². The van der Waals surface area contributed by atoms with Crippen molar-refractivity contribution < 1.29 is 23.9 Å². The SMILES string of the molecule is Cc1cc(OC(=O)[C@@H]2CC(=O)N(c3cc(Cl)ccc3Cl)C2)ccc1N1C(=O)CCCC1=O. The molecule has 0 bridgehead atoms. The Bertz CT molecular complexity index is 1120. The summed E-state index contributed by atoms with van der Waals surface area (Å²) in [5.74, 6) is -1.65. The van der Waals surface area contributed by atoms with E-state index in [0.29, 0.717) is 46.2 Å². The van der Waals surface area contributed by atoms with Gasteiger partial charge in [-0.05, 0) is 55.3 Å². The average Bonchev–Trinajstić information content (AvgIpc) is 3.13. The smallest absolute Gasteiger partial charge is 0.316 e. The molecular formula is C23H20Cl2N2O5. The molecule has 2 heterocycles. The van der Waals surface area contributed by atoms with Crippen LogP contribution in [-0.2, 0) is 19.2 Å². The number of piperidine rings is 1. The lowest BCUT2D eigenvalue weighted by Gasteiger charge is -2.26. The molecule has 0 spiro atoms. The number of benzene rings is 2. The molecule has 0 aromatic heterocycles. The molecule has 1 atom stereocenters. The van der Waals surface area contributed by atoms with E-state index in [4.69, 9.17) is 27.9 Å². The lowest BCUT2D eigenvalue weighted by atomic mass is 10.1. The Balaban J connectivity index is 1.47. The van der Waals surface area contributed by atoms with Crippen molar-refractivity contribution in [1.29, 1.82) is 0 Å². The summed E-state index contributed by atoms with van der Waals surface area (Å²) in [5.41, 5.74) is 1.57. The van der Waals surface area contributed by atoms with Gasteiger partial charge in [-0.1, -0.05) is 23.2 Å². The fourth-order valence-corrected chi connectivity index (χ4v) is 4.34. The van der Waals surface area contributed by atoms with Gasteiger partial charge in [-0.15, -0.1) is 0 Å². The summed E-state index contributed by atoms with van der Waals surface area (Å²) in [4.78, 5) is 52.2. The van der Waals surface area contributed by atoms with Gasteiger partial charge < -0.3 is 9.64 Å². The van der Waals surface area contributed by atoms with Crippen LogP contribution in [0, 0.1) is 12.8 Å². The van der Waals surface area contributed by atoms with Gasteiger partial charge in [-0.3, -0.25) is 24.1 Å². The number of halogens is 2. The van der Waals surface area contributed by atoms with E-state index in [1.165, 1.54) is 15.9 Å². The molecule has 166 valence electrons. The molecule has 7 nitrogen and oxygen atoms in total. The molecule has 32 heavy (non-hydrogen) atoms. The highest BCUT2D eigenvalue weighted by Crippen LogP contribution is 2.34. The Morgan fingerprint density at radius 3 is 2.38 bits per heavy atom. The number of esters is 1. The summed E-state index contributed by atoms with van der Waals surface area (Å²) in [6.45, 7) is 1.87.